The third-order valence-electron chi connectivity index (χ3n) is 10.3. The molecule has 0 aromatic heterocycles. The van der Waals surface area contributed by atoms with Crippen LogP contribution in [-0.4, -0.2) is 48.9 Å². The molecule has 0 unspecified atom stereocenters. The Bertz CT molecular complexity index is 892. The normalized spacial score (nSPS) is 12.4. The first kappa shape index (κ1) is 50.7. The van der Waals surface area contributed by atoms with Gasteiger partial charge in [0.05, 0.1) is 0 Å². The Morgan fingerprint density at radius 1 is 0.509 bits per heavy atom. The van der Waals surface area contributed by atoms with Crippen LogP contribution in [0.3, 0.4) is 0 Å². The van der Waals surface area contributed by atoms with Gasteiger partial charge in [-0.15, -0.1) is 0 Å². The summed E-state index contributed by atoms with van der Waals surface area (Å²) in [5, 5.41) is 8.98. The largest absolute Gasteiger partial charge is 0.370 e. The van der Waals surface area contributed by atoms with Gasteiger partial charge in [-0.25, -0.2) is 0 Å². The molecular formula is C44H88N6O3. The van der Waals surface area contributed by atoms with E-state index in [0.717, 1.165) is 32.1 Å². The van der Waals surface area contributed by atoms with Crippen molar-refractivity contribution in [3.63, 3.8) is 0 Å². The van der Waals surface area contributed by atoms with E-state index >= 15 is 0 Å². The summed E-state index contributed by atoms with van der Waals surface area (Å²) >= 11 is 0. The van der Waals surface area contributed by atoms with Gasteiger partial charge in [-0.05, 0) is 38.0 Å². The zero-order chi connectivity index (χ0) is 39.2. The second kappa shape index (κ2) is 38.0. The average molecular weight is 749 g/mol. The first-order valence-corrected chi connectivity index (χ1v) is 22.6. The quantitative estimate of drug-likeness (QED) is 0.0241. The van der Waals surface area contributed by atoms with E-state index in [9.17, 15) is 14.4 Å². The number of nitrogens with one attached hydrogen (secondary N) is 3. The van der Waals surface area contributed by atoms with Crippen molar-refractivity contribution in [1.29, 1.82) is 0 Å². The van der Waals surface area contributed by atoms with E-state index in [1.165, 1.54) is 141 Å². The number of unbranched alkanes of at least 4 members (excludes halogenated alkanes) is 25. The predicted octanol–water partition coefficient (Wildman–Crippen LogP) is 10.1. The third-order valence-corrected chi connectivity index (χ3v) is 10.3. The highest BCUT2D eigenvalue weighted by Crippen LogP contribution is 2.15. The van der Waals surface area contributed by atoms with Gasteiger partial charge in [0.1, 0.15) is 12.1 Å². The number of nitrogens with two attached hydrogens (primary N) is 2. The molecule has 0 aromatic rings. The van der Waals surface area contributed by atoms with Gasteiger partial charge in [-0.2, -0.15) is 0 Å². The Kier molecular flexibility index (Phi) is 36.3. The maximum absolute atomic E-state index is 13.5. The summed E-state index contributed by atoms with van der Waals surface area (Å²) in [5.41, 5.74) is 11.0. The summed E-state index contributed by atoms with van der Waals surface area (Å²) in [5.74, 6) is -0.386. The number of nitrogens with zero attached hydrogens (tertiary/aromatic N) is 1. The molecule has 0 aromatic carbocycles. The monoisotopic (exact) mass is 749 g/mol. The van der Waals surface area contributed by atoms with Crippen LogP contribution in [0.25, 0.3) is 0 Å². The summed E-state index contributed by atoms with van der Waals surface area (Å²) in [6, 6.07) is -1.39. The van der Waals surface area contributed by atoms with Crippen LogP contribution in [0.4, 0.5) is 0 Å². The number of rotatable bonds is 39. The van der Waals surface area contributed by atoms with Crippen LogP contribution in [-0.2, 0) is 14.4 Å². The average Bonchev–Trinajstić information content (AvgIpc) is 3.12. The van der Waals surface area contributed by atoms with Crippen molar-refractivity contribution in [2.75, 3.05) is 13.1 Å². The van der Waals surface area contributed by atoms with Crippen LogP contribution < -0.4 is 27.4 Å². The Labute approximate surface area is 327 Å². The Hall–Kier alpha value is -2.32. The first-order valence-electron chi connectivity index (χ1n) is 22.6. The van der Waals surface area contributed by atoms with Gasteiger partial charge in [0.25, 0.3) is 0 Å². The van der Waals surface area contributed by atoms with Crippen LogP contribution in [0.15, 0.2) is 4.99 Å². The maximum Gasteiger partial charge on any atom is 0.243 e. The highest BCUT2D eigenvalue weighted by molar-refractivity contribution is 5.92. The van der Waals surface area contributed by atoms with Gasteiger partial charge in [0.15, 0.2) is 5.96 Å². The smallest absolute Gasteiger partial charge is 0.243 e. The molecule has 0 saturated heterocycles. The molecule has 9 nitrogen and oxygen atoms in total. The Morgan fingerprint density at radius 3 is 1.34 bits per heavy atom. The lowest BCUT2D eigenvalue weighted by Gasteiger charge is -2.24. The topological polar surface area (TPSA) is 152 Å². The minimum Gasteiger partial charge on any atom is -0.370 e. The molecule has 312 valence electrons. The van der Waals surface area contributed by atoms with Crippen molar-refractivity contribution < 1.29 is 14.4 Å². The molecule has 3 amide bonds. The number of amides is 3. The van der Waals surface area contributed by atoms with Crippen molar-refractivity contribution in [1.82, 2.24) is 16.0 Å². The van der Waals surface area contributed by atoms with Crippen LogP contribution in [0.5, 0.6) is 0 Å². The van der Waals surface area contributed by atoms with Gasteiger partial charge >= 0.3 is 0 Å². The van der Waals surface area contributed by atoms with Crippen molar-refractivity contribution in [3.8, 4) is 0 Å². The van der Waals surface area contributed by atoms with E-state index in [-0.39, 0.29) is 29.6 Å². The summed E-state index contributed by atoms with van der Waals surface area (Å²) < 4.78 is 0. The predicted molar refractivity (Wildman–Crippen MR) is 227 cm³/mol. The van der Waals surface area contributed by atoms with Crippen LogP contribution in [0, 0.1) is 5.92 Å². The zero-order valence-corrected chi connectivity index (χ0v) is 35.4. The van der Waals surface area contributed by atoms with E-state index in [4.69, 9.17) is 11.5 Å². The number of carbonyl (C=O) groups is 3. The Morgan fingerprint density at radius 2 is 0.925 bits per heavy atom. The molecule has 0 aliphatic heterocycles. The molecule has 0 aliphatic rings. The summed E-state index contributed by atoms with van der Waals surface area (Å²) in [6.07, 6.45) is 36.2. The molecular weight excluding hydrogens is 661 g/mol. The molecule has 0 radical (unpaired) electrons. The molecule has 9 heteroatoms. The van der Waals surface area contributed by atoms with Gasteiger partial charge in [0, 0.05) is 19.5 Å². The minimum atomic E-state index is -0.712. The molecule has 0 bridgehead atoms. The fourth-order valence-electron chi connectivity index (χ4n) is 6.97. The summed E-state index contributed by atoms with van der Waals surface area (Å²) in [7, 11) is 0. The molecule has 53 heavy (non-hydrogen) atoms. The highest BCUT2D eigenvalue weighted by Gasteiger charge is 2.27. The van der Waals surface area contributed by atoms with Crippen LogP contribution in [0.1, 0.15) is 227 Å². The number of carbonyl (C=O) groups excluding carboxylic acids is 3. The summed E-state index contributed by atoms with van der Waals surface area (Å²) in [6.45, 7) is 9.57. The fraction of sp³-hybridized carbons (Fsp3) is 0.909. The second-order valence-corrected chi connectivity index (χ2v) is 16.1. The van der Waals surface area contributed by atoms with Crippen molar-refractivity contribution in [3.05, 3.63) is 0 Å². The number of hydrogen-bond acceptors (Lipinski definition) is 4. The van der Waals surface area contributed by atoms with Gasteiger partial charge < -0.3 is 27.4 Å². The number of aliphatic imine (C=N–C) groups is 1. The molecule has 7 N–H and O–H groups in total. The van der Waals surface area contributed by atoms with Crippen LogP contribution in [0.2, 0.25) is 0 Å². The lowest BCUT2D eigenvalue weighted by atomic mass is 10.0. The van der Waals surface area contributed by atoms with Crippen molar-refractivity contribution in [2.24, 2.45) is 22.4 Å². The number of hydrogen-bond donors (Lipinski definition) is 5. The zero-order valence-electron chi connectivity index (χ0n) is 35.4. The summed E-state index contributed by atoms with van der Waals surface area (Å²) in [4.78, 5) is 43.7. The van der Waals surface area contributed by atoms with Crippen molar-refractivity contribution in [2.45, 2.75) is 239 Å². The highest BCUT2D eigenvalue weighted by atomic mass is 16.2. The fourth-order valence-corrected chi connectivity index (χ4v) is 6.97. The van der Waals surface area contributed by atoms with E-state index in [0.29, 0.717) is 38.8 Å². The van der Waals surface area contributed by atoms with E-state index in [1.807, 2.05) is 13.8 Å². The molecule has 0 fully saturated rings. The standard InChI is InChI=1S/C44H88N6O3/c1-5-7-9-11-13-15-17-19-21-23-25-27-29-31-35-47-42(52)39(33-32-36-48-44(45)46)50-43(53)40(37-38(3)4)49-41(51)34-30-28-26-24-22-20-18-16-14-12-10-8-6-2/h38-40H,5-37H2,1-4H3,(H,47,52)(H,49,51)(H,50,53)(H4,45,46,48)/t39-,40-/m0/s1. The first-order chi connectivity index (χ1) is 25.7. The molecule has 0 rings (SSSR count). The van der Waals surface area contributed by atoms with E-state index < -0.39 is 12.1 Å². The minimum absolute atomic E-state index is 0.0102. The second-order valence-electron chi connectivity index (χ2n) is 16.1. The Balaban J connectivity index is 4.54. The number of guanidine groups is 1. The molecule has 0 aliphatic carbocycles. The SMILES string of the molecule is CCCCCCCCCCCCCCCCNC(=O)[C@H](CCCN=C(N)N)NC(=O)[C@H](CC(C)C)NC(=O)CCCCCCCCCCCCCCC. The molecule has 0 spiro atoms. The molecule has 0 saturated carbocycles. The maximum atomic E-state index is 13.5. The third kappa shape index (κ3) is 35.2. The van der Waals surface area contributed by atoms with Gasteiger partial charge in [-0.1, -0.05) is 188 Å². The van der Waals surface area contributed by atoms with Gasteiger partial charge in [-0.3, -0.25) is 19.4 Å². The van der Waals surface area contributed by atoms with E-state index in [2.05, 4.69) is 34.8 Å². The molecule has 2 atom stereocenters. The van der Waals surface area contributed by atoms with E-state index in [1.54, 1.807) is 0 Å². The van der Waals surface area contributed by atoms with Crippen molar-refractivity contribution >= 4 is 23.7 Å². The van der Waals surface area contributed by atoms with Gasteiger partial charge in [0.2, 0.25) is 17.7 Å². The van der Waals surface area contributed by atoms with Crippen LogP contribution >= 0.6 is 0 Å². The lowest BCUT2D eigenvalue weighted by Crippen LogP contribution is -2.54. The lowest BCUT2D eigenvalue weighted by molar-refractivity contribution is -0.132. The molecule has 0 heterocycles.